The summed E-state index contributed by atoms with van der Waals surface area (Å²) in [6, 6.07) is 5.33. The Hall–Kier alpha value is -3.15. The van der Waals surface area contributed by atoms with E-state index in [9.17, 15) is 35.1 Å². The largest absolute Gasteiger partial charge is 1.00 e. The van der Waals surface area contributed by atoms with E-state index in [0.29, 0.717) is 22.8 Å². The van der Waals surface area contributed by atoms with E-state index in [1.165, 1.54) is 17.6 Å². The molecule has 9 nitrogen and oxygen atoms in total. The Balaban J connectivity index is 0.000000244. The minimum absolute atomic E-state index is 0. The van der Waals surface area contributed by atoms with Crippen LogP contribution in [0.5, 0.6) is 0 Å². The third-order valence-electron chi connectivity index (χ3n) is 22.9. The fourth-order valence-corrected chi connectivity index (χ4v) is 17.5. The number of carbonyl (C=O) groups excluding carboxylic acids is 3. The molecule has 10 heteroatoms. The molecule has 10 rings (SSSR count). The van der Waals surface area contributed by atoms with Crippen molar-refractivity contribution in [2.75, 3.05) is 20.8 Å². The minimum Gasteiger partial charge on any atom is -0.857 e. The van der Waals surface area contributed by atoms with Crippen molar-refractivity contribution < 1.29 is 64.4 Å². The maximum Gasteiger partial charge on any atom is 1.00 e. The number of rotatable bonds is 1. The van der Waals surface area contributed by atoms with E-state index < -0.39 is 17.0 Å². The van der Waals surface area contributed by atoms with Crippen molar-refractivity contribution in [3.05, 3.63) is 81.2 Å². The smallest absolute Gasteiger partial charge is 0.857 e. The number of allylic oxidation sites excluding steroid dienone is 12. The predicted octanol–water partition coefficient (Wildman–Crippen LogP) is 9.23. The van der Waals surface area contributed by atoms with Gasteiger partial charge in [-0.2, -0.15) is 17.6 Å². The van der Waals surface area contributed by atoms with Crippen LogP contribution in [0.4, 0.5) is 0 Å². The van der Waals surface area contributed by atoms with Crippen LogP contribution in [0.15, 0.2) is 81.2 Å². The Morgan fingerprint density at radius 3 is 1.42 bits per heavy atom. The number of aliphatic hydroxyl groups is 3. The summed E-state index contributed by atoms with van der Waals surface area (Å²) >= 11 is 0. The van der Waals surface area contributed by atoms with Crippen LogP contribution < -0.4 is 34.7 Å². The van der Waals surface area contributed by atoms with Crippen molar-refractivity contribution in [1.29, 1.82) is 10.5 Å². The number of nitrogens with zero attached hydrogens (tertiary/aromatic N) is 2. The number of carbonyl (C=O) groups is 3. The van der Waals surface area contributed by atoms with Crippen LogP contribution in [-0.4, -0.2) is 53.5 Å². The van der Waals surface area contributed by atoms with Crippen molar-refractivity contribution in [3.63, 3.8) is 0 Å². The summed E-state index contributed by atoms with van der Waals surface area (Å²) in [5, 5.41) is 55.7. The molecule has 10 aliphatic carbocycles. The van der Waals surface area contributed by atoms with Gasteiger partial charge in [0.05, 0.1) is 35.0 Å². The standard InChI is InChI=1S/C30H39NO3.C29H37NO2.CH4O.CH3O.CH4.Na/c1-25(17-31)9-10-26(2)11-13-29(5)22-8-7-19-20(15-21(33)24(34)28(19,4)18-32)27(22,3)12-14-30(29,6)23(26)16-25;1-18-19-7-8-22-27(4,20(19)15-21(31)24(18)32)12-14-29(6)23-16-25(2,17-30)9-10-26(23,3)11-13-28(22,29)5;2*1-2;;/h7-8,15,23,32H,9-14,16,18H2,1-6H3;7-8,15,23,32H,9-14,16H2,1-6H3;2H,1H3;1H3;1H4;/q;;;-1;;+1/t23-,25-,26-,27+,28+,29-,30+;23-,25-,26-,27+,28-,29+;;;;/m11..../s1. The quantitative estimate of drug-likeness (QED) is 0.170. The van der Waals surface area contributed by atoms with Gasteiger partial charge in [-0.25, -0.2) is 0 Å². The van der Waals surface area contributed by atoms with Crippen molar-refractivity contribution in [2.45, 2.75) is 180 Å². The molecule has 72 heavy (non-hydrogen) atoms. The zero-order valence-corrected chi connectivity index (χ0v) is 48.1. The van der Waals surface area contributed by atoms with Crippen LogP contribution in [0.3, 0.4) is 0 Å². The van der Waals surface area contributed by atoms with Crippen LogP contribution in [0.2, 0.25) is 0 Å². The van der Waals surface area contributed by atoms with Crippen LogP contribution in [0.1, 0.15) is 180 Å². The molecule has 0 amide bonds. The second kappa shape index (κ2) is 19.5. The first-order valence-electron chi connectivity index (χ1n) is 26.2. The second-order valence-corrected chi connectivity index (χ2v) is 26.3. The number of ketones is 3. The average Bonchev–Trinajstić information content (AvgIpc) is 3.35. The Labute approximate surface area is 455 Å². The Morgan fingerprint density at radius 1 is 0.583 bits per heavy atom. The summed E-state index contributed by atoms with van der Waals surface area (Å²) in [6.45, 7) is 26.9. The van der Waals surface area contributed by atoms with E-state index in [0.717, 1.165) is 120 Å². The molecule has 0 aromatic rings. The topological polar surface area (TPSA) is 183 Å². The summed E-state index contributed by atoms with van der Waals surface area (Å²) in [6.07, 6.45) is 26.9. The van der Waals surface area contributed by atoms with E-state index in [1.54, 1.807) is 19.1 Å². The van der Waals surface area contributed by atoms with Gasteiger partial charge in [0.1, 0.15) is 0 Å². The minimum atomic E-state index is -1.17. The molecule has 0 spiro atoms. The fraction of sp³-hybridized carbons (Fsp3) is 0.694. The molecule has 0 bridgehead atoms. The number of fused-ring (bicyclic) bond motifs is 14. The Bertz CT molecular complexity index is 2600. The molecule has 0 radical (unpaired) electrons. The molecule has 0 aromatic heterocycles. The van der Waals surface area contributed by atoms with Crippen molar-refractivity contribution >= 4 is 17.3 Å². The van der Waals surface area contributed by atoms with Gasteiger partial charge in [-0.05, 0) is 196 Å². The third kappa shape index (κ3) is 8.04. The van der Waals surface area contributed by atoms with Gasteiger partial charge in [-0.15, -0.1) is 0 Å². The van der Waals surface area contributed by atoms with E-state index in [-0.39, 0.29) is 104 Å². The average molecular weight is 995 g/mol. The zero-order chi connectivity index (χ0) is 52.3. The van der Waals surface area contributed by atoms with Crippen LogP contribution >= 0.6 is 0 Å². The van der Waals surface area contributed by atoms with Crippen molar-refractivity contribution in [3.8, 4) is 12.1 Å². The first-order valence-corrected chi connectivity index (χ1v) is 26.2. The molecule has 0 unspecified atom stereocenters. The molecule has 0 heterocycles. The molecule has 13 atom stereocenters. The Morgan fingerprint density at radius 2 is 0.986 bits per heavy atom. The molecule has 10 aliphatic rings. The molecule has 0 aliphatic heterocycles. The normalized spacial score (nSPS) is 45.0. The van der Waals surface area contributed by atoms with Gasteiger partial charge < -0.3 is 20.4 Å². The summed E-state index contributed by atoms with van der Waals surface area (Å²) < 4.78 is 0. The first kappa shape index (κ1) is 59.7. The van der Waals surface area contributed by atoms with Crippen LogP contribution in [-0.2, 0) is 14.4 Å². The monoisotopic (exact) mass is 995 g/mol. The van der Waals surface area contributed by atoms with E-state index >= 15 is 0 Å². The second-order valence-electron chi connectivity index (χ2n) is 26.3. The van der Waals surface area contributed by atoms with E-state index in [2.05, 4.69) is 99.6 Å². The van der Waals surface area contributed by atoms with Crippen molar-refractivity contribution in [1.82, 2.24) is 0 Å². The molecule has 388 valence electrons. The number of nitriles is 2. The molecular weight excluding hydrogens is 908 g/mol. The fourth-order valence-electron chi connectivity index (χ4n) is 17.5. The van der Waals surface area contributed by atoms with Gasteiger partial charge in [0.25, 0.3) is 0 Å². The van der Waals surface area contributed by atoms with Gasteiger partial charge in [0.15, 0.2) is 5.76 Å². The van der Waals surface area contributed by atoms with Gasteiger partial charge >= 0.3 is 29.6 Å². The van der Waals surface area contributed by atoms with Crippen LogP contribution in [0, 0.1) is 94.1 Å². The number of aliphatic hydroxyl groups excluding tert-OH is 3. The molecule has 0 aromatic carbocycles. The number of hydrogen-bond acceptors (Lipinski definition) is 9. The van der Waals surface area contributed by atoms with Gasteiger partial charge in [-0.3, -0.25) is 14.4 Å². The van der Waals surface area contributed by atoms with Gasteiger partial charge in [0.2, 0.25) is 17.3 Å². The number of Topliss-reactive ketones (excluding diaryl/α,β-unsaturated/α-hetero) is 1. The number of hydrogen-bond donors (Lipinski definition) is 3. The first-order chi connectivity index (χ1) is 32.6. The summed E-state index contributed by atoms with van der Waals surface area (Å²) in [7, 11) is 1.75. The molecule has 0 saturated heterocycles. The zero-order valence-electron chi connectivity index (χ0n) is 46.1. The van der Waals surface area contributed by atoms with Gasteiger partial charge in [-0.1, -0.05) is 98.3 Å². The van der Waals surface area contributed by atoms with Gasteiger partial charge in [0, 0.05) is 23.5 Å². The maximum atomic E-state index is 12.8. The van der Waals surface area contributed by atoms with Crippen molar-refractivity contribution in [2.24, 2.45) is 71.4 Å². The summed E-state index contributed by atoms with van der Waals surface area (Å²) in [4.78, 5) is 38.1. The molecule has 6 fully saturated rings. The molecular formula is C62H87N2NaO7. The van der Waals surface area contributed by atoms with E-state index in [1.807, 2.05) is 13.0 Å². The SMILES string of the molecule is C.CC1=C(O)C(=O)C=C2C1=CC=C1[C@@]2(C)CC[C@@]2(C)[C@@H]3C[C@](C)(C#N)CC[C@]3(C)CC[C@]12C.CO.C[C@@]1(C#N)CC[C@]2(C)CC[C@]3(C)C4=CC=C5C(=CC(=O)C(=O)[C@@]5(C)CO)[C@]4(C)CC[C@@]3(C)[C@@H]2C1.C[O-].[Na+]. The third-order valence-corrected chi connectivity index (χ3v) is 22.9. The summed E-state index contributed by atoms with van der Waals surface area (Å²) in [5.74, 6) is -0.376. The summed E-state index contributed by atoms with van der Waals surface area (Å²) in [5.41, 5.74) is 5.97. The Kier molecular flexibility index (Phi) is 16.1. The van der Waals surface area contributed by atoms with E-state index in [4.69, 9.17) is 10.2 Å². The predicted molar refractivity (Wildman–Crippen MR) is 279 cm³/mol. The maximum absolute atomic E-state index is 12.8. The molecule has 3 N–H and O–H groups in total. The van der Waals surface area contributed by atoms with Crippen LogP contribution in [0.25, 0.3) is 0 Å². The molecule has 6 saturated carbocycles.